The molecule has 21 heavy (non-hydrogen) atoms. The Bertz CT molecular complexity index is 664. The van der Waals surface area contributed by atoms with Gasteiger partial charge in [-0.05, 0) is 12.1 Å². The van der Waals surface area contributed by atoms with Crippen LogP contribution in [0.25, 0.3) is 10.9 Å². The van der Waals surface area contributed by atoms with E-state index in [1.54, 1.807) is 11.6 Å². The minimum Gasteiger partial charge on any atom is -0.490 e. The van der Waals surface area contributed by atoms with Gasteiger partial charge in [-0.2, -0.15) is 0 Å². The summed E-state index contributed by atoms with van der Waals surface area (Å²) < 4.78 is 7.23. The second-order valence-corrected chi connectivity index (χ2v) is 5.45. The van der Waals surface area contributed by atoms with Gasteiger partial charge in [-0.15, -0.1) is 0 Å². The maximum Gasteiger partial charge on any atom is 0.254 e. The van der Waals surface area contributed by atoms with Gasteiger partial charge in [0.25, 0.3) is 5.56 Å². The van der Waals surface area contributed by atoms with E-state index < -0.39 is 6.10 Å². The van der Waals surface area contributed by atoms with E-state index in [4.69, 9.17) is 4.74 Å². The third kappa shape index (κ3) is 3.83. The van der Waals surface area contributed by atoms with Gasteiger partial charge in [-0.3, -0.25) is 4.79 Å². The number of benzene rings is 1. The molecule has 0 aliphatic heterocycles. The van der Waals surface area contributed by atoms with Crippen molar-refractivity contribution in [2.24, 2.45) is 7.05 Å². The molecule has 5 heteroatoms. The van der Waals surface area contributed by atoms with Gasteiger partial charge in [-0.25, -0.2) is 0 Å². The Hall–Kier alpha value is -1.85. The highest BCUT2D eigenvalue weighted by atomic mass is 16.5. The van der Waals surface area contributed by atoms with Crippen LogP contribution in [0.3, 0.4) is 0 Å². The molecule has 1 aromatic carbocycles. The topological polar surface area (TPSA) is 63.5 Å². The predicted octanol–water partition coefficient (Wildman–Crippen LogP) is 1.28. The number of fused-ring (bicyclic) bond motifs is 1. The molecule has 1 heterocycles. The van der Waals surface area contributed by atoms with Crippen LogP contribution in [0.15, 0.2) is 35.1 Å². The first kappa shape index (κ1) is 15.5. The summed E-state index contributed by atoms with van der Waals surface area (Å²) in [5.41, 5.74) is 0.688. The number of para-hydroxylation sites is 1. The molecule has 1 unspecified atom stereocenters. The number of aryl methyl sites for hydroxylation is 1. The van der Waals surface area contributed by atoms with Crippen LogP contribution >= 0.6 is 0 Å². The summed E-state index contributed by atoms with van der Waals surface area (Å²) in [7, 11) is 1.73. The van der Waals surface area contributed by atoms with Gasteiger partial charge in [0.1, 0.15) is 18.5 Å². The molecular weight excluding hydrogens is 268 g/mol. The fourth-order valence-electron chi connectivity index (χ4n) is 2.12. The number of aliphatic hydroxyl groups excluding tert-OH is 1. The smallest absolute Gasteiger partial charge is 0.254 e. The molecule has 2 N–H and O–H groups in total. The Labute approximate surface area is 124 Å². The van der Waals surface area contributed by atoms with Crippen LogP contribution < -0.4 is 15.6 Å². The molecule has 0 radical (unpaired) electrons. The zero-order valence-corrected chi connectivity index (χ0v) is 12.7. The summed E-state index contributed by atoms with van der Waals surface area (Å²) in [6, 6.07) is 9.34. The largest absolute Gasteiger partial charge is 0.490 e. The van der Waals surface area contributed by atoms with Crippen molar-refractivity contribution in [2.75, 3.05) is 13.2 Å². The lowest BCUT2D eigenvalue weighted by Gasteiger charge is -2.16. The van der Waals surface area contributed by atoms with Crippen LogP contribution in [-0.4, -0.2) is 35.0 Å². The van der Waals surface area contributed by atoms with E-state index in [0.717, 1.165) is 10.9 Å². The van der Waals surface area contributed by atoms with Crippen molar-refractivity contribution in [3.63, 3.8) is 0 Å². The number of aromatic nitrogens is 1. The van der Waals surface area contributed by atoms with Gasteiger partial charge < -0.3 is 19.7 Å². The van der Waals surface area contributed by atoms with Gasteiger partial charge in [0.05, 0.1) is 5.52 Å². The molecule has 5 nitrogen and oxygen atoms in total. The molecule has 1 atom stereocenters. The average Bonchev–Trinajstić information content (AvgIpc) is 2.47. The van der Waals surface area contributed by atoms with Crippen LogP contribution in [0.2, 0.25) is 0 Å². The van der Waals surface area contributed by atoms with Crippen molar-refractivity contribution in [3.8, 4) is 5.75 Å². The number of nitrogens with zero attached hydrogens (tertiary/aromatic N) is 1. The average molecular weight is 290 g/mol. The molecular formula is C16H22N2O3. The molecule has 2 rings (SSSR count). The lowest BCUT2D eigenvalue weighted by Crippen LogP contribution is -2.35. The molecule has 0 bridgehead atoms. The van der Waals surface area contributed by atoms with E-state index in [1.807, 2.05) is 38.1 Å². The zero-order chi connectivity index (χ0) is 15.4. The molecule has 0 amide bonds. The quantitative estimate of drug-likeness (QED) is 0.841. The number of aliphatic hydroxyl groups is 1. The maximum absolute atomic E-state index is 11.9. The Kier molecular flexibility index (Phi) is 4.98. The van der Waals surface area contributed by atoms with Crippen LogP contribution in [-0.2, 0) is 7.05 Å². The third-order valence-corrected chi connectivity index (χ3v) is 3.31. The van der Waals surface area contributed by atoms with Crippen LogP contribution in [0.1, 0.15) is 13.8 Å². The predicted molar refractivity (Wildman–Crippen MR) is 83.8 cm³/mol. The van der Waals surface area contributed by atoms with Crippen molar-refractivity contribution in [2.45, 2.75) is 26.0 Å². The Morgan fingerprint density at radius 1 is 1.33 bits per heavy atom. The highest BCUT2D eigenvalue weighted by molar-refractivity contribution is 5.85. The molecule has 0 aliphatic carbocycles. The first-order valence-electron chi connectivity index (χ1n) is 7.12. The van der Waals surface area contributed by atoms with E-state index >= 15 is 0 Å². The molecule has 0 fully saturated rings. The first-order chi connectivity index (χ1) is 9.99. The van der Waals surface area contributed by atoms with E-state index in [9.17, 15) is 9.90 Å². The van der Waals surface area contributed by atoms with E-state index in [0.29, 0.717) is 18.3 Å². The van der Waals surface area contributed by atoms with Gasteiger partial charge in [0, 0.05) is 31.1 Å². The first-order valence-corrected chi connectivity index (χ1v) is 7.12. The second kappa shape index (κ2) is 6.74. The molecule has 1 aromatic heterocycles. The van der Waals surface area contributed by atoms with Crippen LogP contribution in [0.5, 0.6) is 5.75 Å². The zero-order valence-electron chi connectivity index (χ0n) is 12.7. The summed E-state index contributed by atoms with van der Waals surface area (Å²) in [6.45, 7) is 4.64. The number of nitrogens with one attached hydrogen (secondary N) is 1. The molecule has 0 saturated heterocycles. The number of hydrogen-bond donors (Lipinski definition) is 2. The highest BCUT2D eigenvalue weighted by Gasteiger charge is 2.10. The number of rotatable bonds is 6. The standard InChI is InChI=1S/C16H22N2O3/c1-11(2)17-9-12(19)10-21-15-8-16(20)18(3)14-7-5-4-6-13(14)15/h4-8,11-12,17,19H,9-10H2,1-3H3. The van der Waals surface area contributed by atoms with Crippen LogP contribution in [0.4, 0.5) is 0 Å². The number of pyridine rings is 1. The monoisotopic (exact) mass is 290 g/mol. The van der Waals surface area contributed by atoms with Crippen LogP contribution in [0, 0.1) is 0 Å². The van der Waals surface area contributed by atoms with Gasteiger partial charge in [0.2, 0.25) is 0 Å². The fourth-order valence-corrected chi connectivity index (χ4v) is 2.12. The summed E-state index contributed by atoms with van der Waals surface area (Å²) >= 11 is 0. The molecule has 0 spiro atoms. The minimum atomic E-state index is -0.616. The summed E-state index contributed by atoms with van der Waals surface area (Å²) in [5, 5.41) is 13.9. The van der Waals surface area contributed by atoms with Gasteiger partial charge in [0.15, 0.2) is 0 Å². The highest BCUT2D eigenvalue weighted by Crippen LogP contribution is 2.22. The molecule has 0 saturated carbocycles. The van der Waals surface area contributed by atoms with Crippen molar-refractivity contribution >= 4 is 10.9 Å². The summed E-state index contributed by atoms with van der Waals surface area (Å²) in [6.07, 6.45) is -0.616. The summed E-state index contributed by atoms with van der Waals surface area (Å²) in [5.74, 6) is 0.511. The van der Waals surface area contributed by atoms with E-state index in [1.165, 1.54) is 6.07 Å². The van der Waals surface area contributed by atoms with Crippen molar-refractivity contribution in [1.29, 1.82) is 0 Å². The number of hydrogen-bond acceptors (Lipinski definition) is 4. The van der Waals surface area contributed by atoms with Crippen molar-refractivity contribution in [1.82, 2.24) is 9.88 Å². The lowest BCUT2D eigenvalue weighted by molar-refractivity contribution is 0.105. The lowest BCUT2D eigenvalue weighted by atomic mass is 10.2. The molecule has 2 aromatic rings. The van der Waals surface area contributed by atoms with Crippen molar-refractivity contribution in [3.05, 3.63) is 40.7 Å². The fraction of sp³-hybridized carbons (Fsp3) is 0.438. The Morgan fingerprint density at radius 2 is 2.05 bits per heavy atom. The normalized spacial score (nSPS) is 12.8. The van der Waals surface area contributed by atoms with E-state index in [-0.39, 0.29) is 12.2 Å². The minimum absolute atomic E-state index is 0.126. The van der Waals surface area contributed by atoms with Crippen molar-refractivity contribution < 1.29 is 9.84 Å². The second-order valence-electron chi connectivity index (χ2n) is 5.45. The SMILES string of the molecule is CC(C)NCC(O)COc1cc(=O)n(C)c2ccccc12. The van der Waals surface area contributed by atoms with E-state index in [2.05, 4.69) is 5.32 Å². The maximum atomic E-state index is 11.9. The molecule has 0 aliphatic rings. The Balaban J connectivity index is 2.16. The van der Waals surface area contributed by atoms with Gasteiger partial charge >= 0.3 is 0 Å². The number of ether oxygens (including phenoxy) is 1. The third-order valence-electron chi connectivity index (χ3n) is 3.31. The molecule has 114 valence electrons. The summed E-state index contributed by atoms with van der Waals surface area (Å²) in [4.78, 5) is 11.9. The Morgan fingerprint density at radius 3 is 2.76 bits per heavy atom. The van der Waals surface area contributed by atoms with Gasteiger partial charge in [-0.1, -0.05) is 26.0 Å².